The molecule has 3 unspecified atom stereocenters. The number of hydrogen-bond acceptors (Lipinski definition) is 4. The zero-order valence-corrected chi connectivity index (χ0v) is 11.0. The van der Waals surface area contributed by atoms with Gasteiger partial charge in [-0.3, -0.25) is 4.79 Å². The van der Waals surface area contributed by atoms with Crippen molar-refractivity contribution in [1.82, 2.24) is 10.2 Å². The lowest BCUT2D eigenvalue weighted by Gasteiger charge is -2.29. The summed E-state index contributed by atoms with van der Waals surface area (Å²) < 4.78 is 0. The lowest BCUT2D eigenvalue weighted by molar-refractivity contribution is -0.150. The van der Waals surface area contributed by atoms with Crippen LogP contribution in [0.1, 0.15) is 25.7 Å². The van der Waals surface area contributed by atoms with E-state index in [0.29, 0.717) is 11.7 Å². The Labute approximate surface area is 110 Å². The molecule has 0 radical (unpaired) electrons. The quantitative estimate of drug-likeness (QED) is 0.781. The Bertz CT molecular complexity index is 366. The van der Waals surface area contributed by atoms with Crippen LogP contribution in [0.15, 0.2) is 0 Å². The van der Waals surface area contributed by atoms with Gasteiger partial charge in [0.05, 0.1) is 11.4 Å². The molecule has 1 aliphatic carbocycles. The van der Waals surface area contributed by atoms with Crippen LogP contribution in [0.2, 0.25) is 0 Å². The van der Waals surface area contributed by atoms with E-state index < -0.39 is 12.0 Å². The topological polar surface area (TPSA) is 69.6 Å². The van der Waals surface area contributed by atoms with Crippen LogP contribution in [0.3, 0.4) is 0 Å². The minimum atomic E-state index is -0.864. The van der Waals surface area contributed by atoms with E-state index >= 15 is 0 Å². The lowest BCUT2D eigenvalue weighted by Crippen LogP contribution is -2.52. The molecule has 3 fully saturated rings. The van der Waals surface area contributed by atoms with Crippen molar-refractivity contribution < 1.29 is 14.7 Å². The number of aliphatic carboxylic acids is 1. The van der Waals surface area contributed by atoms with Crippen molar-refractivity contribution in [2.75, 3.05) is 12.3 Å². The summed E-state index contributed by atoms with van der Waals surface area (Å²) in [4.78, 5) is 25.4. The predicted molar refractivity (Wildman–Crippen MR) is 68.3 cm³/mol. The fourth-order valence-corrected chi connectivity index (χ4v) is 4.46. The number of thioether (sulfide) groups is 1. The van der Waals surface area contributed by atoms with E-state index in [1.165, 1.54) is 0 Å². The van der Waals surface area contributed by atoms with Gasteiger partial charge in [-0.05, 0) is 38.1 Å². The van der Waals surface area contributed by atoms with Crippen molar-refractivity contribution in [2.24, 2.45) is 5.92 Å². The average Bonchev–Trinajstić information content (AvgIpc) is 2.91. The standard InChI is InChI=1S/C12H18N2O3S/c15-10(8-2-1-5-13-8)14-9(12(16)17)6-18-11(14)7-3-4-7/h7-9,11,13H,1-6H2,(H,16,17). The van der Waals surface area contributed by atoms with Crippen molar-refractivity contribution in [3.8, 4) is 0 Å². The van der Waals surface area contributed by atoms with Gasteiger partial charge in [0.25, 0.3) is 0 Å². The third-order valence-electron chi connectivity index (χ3n) is 3.96. The van der Waals surface area contributed by atoms with Crippen LogP contribution in [-0.4, -0.2) is 51.6 Å². The number of carboxylic acids is 1. The molecule has 5 nitrogen and oxygen atoms in total. The van der Waals surface area contributed by atoms with Crippen LogP contribution >= 0.6 is 11.8 Å². The van der Waals surface area contributed by atoms with Crippen LogP contribution in [0.5, 0.6) is 0 Å². The first-order valence-corrected chi connectivity index (χ1v) is 7.63. The summed E-state index contributed by atoms with van der Waals surface area (Å²) in [7, 11) is 0. The van der Waals surface area contributed by atoms with Crippen molar-refractivity contribution in [1.29, 1.82) is 0 Å². The number of amides is 1. The molecule has 0 aromatic heterocycles. The van der Waals surface area contributed by atoms with Crippen molar-refractivity contribution in [3.05, 3.63) is 0 Å². The molecule has 3 rings (SSSR count). The van der Waals surface area contributed by atoms with Gasteiger partial charge in [0, 0.05) is 5.75 Å². The first-order valence-electron chi connectivity index (χ1n) is 6.58. The third kappa shape index (κ3) is 2.12. The Morgan fingerprint density at radius 1 is 1.28 bits per heavy atom. The Hall–Kier alpha value is -0.750. The highest BCUT2D eigenvalue weighted by Crippen LogP contribution is 2.45. The second-order valence-electron chi connectivity index (χ2n) is 5.31. The molecule has 2 saturated heterocycles. The largest absolute Gasteiger partial charge is 0.480 e. The maximum absolute atomic E-state index is 12.5. The Morgan fingerprint density at radius 2 is 2.06 bits per heavy atom. The Balaban J connectivity index is 1.78. The van der Waals surface area contributed by atoms with Gasteiger partial charge in [-0.15, -0.1) is 11.8 Å². The zero-order valence-electron chi connectivity index (χ0n) is 10.2. The molecule has 1 amide bonds. The van der Waals surface area contributed by atoms with Gasteiger partial charge in [0.1, 0.15) is 6.04 Å². The molecule has 3 aliphatic rings. The van der Waals surface area contributed by atoms with Crippen LogP contribution in [-0.2, 0) is 9.59 Å². The van der Waals surface area contributed by atoms with Crippen LogP contribution in [0, 0.1) is 5.92 Å². The molecule has 18 heavy (non-hydrogen) atoms. The smallest absolute Gasteiger partial charge is 0.327 e. The van der Waals surface area contributed by atoms with Gasteiger partial charge in [-0.2, -0.15) is 0 Å². The fourth-order valence-electron chi connectivity index (χ4n) is 2.82. The maximum atomic E-state index is 12.5. The van der Waals surface area contributed by atoms with Crippen LogP contribution in [0.4, 0.5) is 0 Å². The summed E-state index contributed by atoms with van der Waals surface area (Å²) in [6.07, 6.45) is 4.10. The van der Waals surface area contributed by atoms with E-state index in [1.807, 2.05) is 0 Å². The molecule has 100 valence electrons. The highest BCUT2D eigenvalue weighted by atomic mass is 32.2. The van der Waals surface area contributed by atoms with Crippen molar-refractivity contribution in [3.63, 3.8) is 0 Å². The highest BCUT2D eigenvalue weighted by Gasteiger charge is 2.49. The third-order valence-corrected chi connectivity index (χ3v) is 5.42. The molecule has 0 aromatic rings. The van der Waals surface area contributed by atoms with Crippen molar-refractivity contribution >= 4 is 23.6 Å². The fraction of sp³-hybridized carbons (Fsp3) is 0.833. The number of nitrogens with zero attached hydrogens (tertiary/aromatic N) is 1. The van der Waals surface area contributed by atoms with E-state index in [1.54, 1.807) is 16.7 Å². The van der Waals surface area contributed by atoms with E-state index in [4.69, 9.17) is 0 Å². The van der Waals surface area contributed by atoms with E-state index in [0.717, 1.165) is 32.2 Å². The van der Waals surface area contributed by atoms with Gasteiger partial charge in [-0.25, -0.2) is 4.79 Å². The summed E-state index contributed by atoms with van der Waals surface area (Å²) in [5.41, 5.74) is 0. The summed E-state index contributed by atoms with van der Waals surface area (Å²) in [6.45, 7) is 0.864. The van der Waals surface area contributed by atoms with Gasteiger partial charge in [0.15, 0.2) is 0 Å². The molecule has 0 aromatic carbocycles. The normalized spacial score (nSPS) is 36.0. The van der Waals surface area contributed by atoms with Crippen LogP contribution in [0.25, 0.3) is 0 Å². The summed E-state index contributed by atoms with van der Waals surface area (Å²) in [5, 5.41) is 12.5. The minimum absolute atomic E-state index is 0.00167. The van der Waals surface area contributed by atoms with Crippen molar-refractivity contribution in [2.45, 2.75) is 43.1 Å². The molecule has 1 saturated carbocycles. The van der Waals surface area contributed by atoms with Gasteiger partial charge >= 0.3 is 5.97 Å². The second kappa shape index (κ2) is 4.74. The number of hydrogen-bond donors (Lipinski definition) is 2. The number of rotatable bonds is 3. The van der Waals surface area contributed by atoms with E-state index in [9.17, 15) is 14.7 Å². The van der Waals surface area contributed by atoms with Crippen LogP contribution < -0.4 is 5.32 Å². The zero-order chi connectivity index (χ0) is 12.7. The summed E-state index contributed by atoms with van der Waals surface area (Å²) in [5.74, 6) is 0.193. The number of carboxylic acid groups (broad SMARTS) is 1. The molecular formula is C12H18N2O3S. The summed E-state index contributed by atoms with van der Waals surface area (Å²) in [6, 6.07) is -0.790. The average molecular weight is 270 g/mol. The second-order valence-corrected chi connectivity index (χ2v) is 6.46. The van der Waals surface area contributed by atoms with E-state index in [-0.39, 0.29) is 17.3 Å². The first-order chi connectivity index (χ1) is 8.68. The minimum Gasteiger partial charge on any atom is -0.480 e. The highest BCUT2D eigenvalue weighted by molar-refractivity contribution is 8.00. The SMILES string of the molecule is O=C(O)C1CSC(C2CC2)N1C(=O)C1CCCN1. The molecule has 2 heterocycles. The predicted octanol–water partition coefficient (Wildman–Crippen LogP) is 0.503. The maximum Gasteiger partial charge on any atom is 0.327 e. The molecule has 0 spiro atoms. The summed E-state index contributed by atoms with van der Waals surface area (Å²) >= 11 is 1.64. The number of carbonyl (C=O) groups excluding carboxylic acids is 1. The number of nitrogens with one attached hydrogen (secondary N) is 1. The lowest BCUT2D eigenvalue weighted by atomic mass is 10.1. The molecule has 2 aliphatic heterocycles. The number of carbonyl (C=O) groups is 2. The van der Waals surface area contributed by atoms with Gasteiger partial charge < -0.3 is 15.3 Å². The monoisotopic (exact) mass is 270 g/mol. The van der Waals surface area contributed by atoms with Gasteiger partial charge in [0.2, 0.25) is 5.91 Å². The van der Waals surface area contributed by atoms with Gasteiger partial charge in [-0.1, -0.05) is 0 Å². The molecule has 0 bridgehead atoms. The van der Waals surface area contributed by atoms with E-state index in [2.05, 4.69) is 5.32 Å². The molecular weight excluding hydrogens is 252 g/mol. The Kier molecular flexibility index (Phi) is 3.23. The molecule has 3 atom stereocenters. The Morgan fingerprint density at radius 3 is 2.61 bits per heavy atom. The molecule has 6 heteroatoms. The first kappa shape index (κ1) is 12.3. The molecule has 2 N–H and O–H groups in total.